The fourth-order valence-electron chi connectivity index (χ4n) is 4.90. The van der Waals surface area contributed by atoms with Gasteiger partial charge in [0.1, 0.15) is 11.5 Å². The van der Waals surface area contributed by atoms with Gasteiger partial charge in [0.25, 0.3) is 23.2 Å². The molecule has 0 saturated heterocycles. The molecular formula is C32H24N6O7S2. The van der Waals surface area contributed by atoms with E-state index in [0.717, 1.165) is 11.0 Å². The van der Waals surface area contributed by atoms with E-state index in [1.165, 1.54) is 46.9 Å². The average molecular weight is 669 g/mol. The van der Waals surface area contributed by atoms with Crippen LogP contribution in [0.25, 0.3) is 20.4 Å². The highest BCUT2D eigenvalue weighted by atomic mass is 32.1. The van der Waals surface area contributed by atoms with E-state index < -0.39 is 21.7 Å². The number of hydrogen-bond donors (Lipinski definition) is 0. The highest BCUT2D eigenvalue weighted by Crippen LogP contribution is 2.26. The van der Waals surface area contributed by atoms with E-state index in [1.54, 1.807) is 60.7 Å². The summed E-state index contributed by atoms with van der Waals surface area (Å²) in [6.45, 7) is 4.88. The first-order chi connectivity index (χ1) is 22.6. The monoisotopic (exact) mass is 668 g/mol. The van der Waals surface area contributed by atoms with Crippen LogP contribution in [0.2, 0.25) is 0 Å². The number of ether oxygens (including phenoxy) is 1. The molecule has 2 heterocycles. The molecule has 0 fully saturated rings. The van der Waals surface area contributed by atoms with E-state index in [2.05, 4.69) is 9.98 Å². The van der Waals surface area contributed by atoms with Crippen LogP contribution >= 0.6 is 22.7 Å². The van der Waals surface area contributed by atoms with Gasteiger partial charge in [-0.2, -0.15) is 9.98 Å². The van der Waals surface area contributed by atoms with Gasteiger partial charge in [0.05, 0.1) is 30.3 Å². The summed E-state index contributed by atoms with van der Waals surface area (Å²) >= 11 is 2.42. The maximum atomic E-state index is 13.0. The zero-order valence-electron chi connectivity index (χ0n) is 24.9. The number of benzene rings is 4. The normalized spacial score (nSPS) is 12.1. The molecule has 4 aromatic carbocycles. The minimum absolute atomic E-state index is 0.0276. The lowest BCUT2D eigenvalue weighted by molar-refractivity contribution is -0.384. The molecule has 2 aromatic heterocycles. The molecule has 0 unspecified atom stereocenters. The molecule has 6 aromatic rings. The second-order valence-electron chi connectivity index (χ2n) is 10.1. The summed E-state index contributed by atoms with van der Waals surface area (Å²) in [4.78, 5) is 56.8. The number of thiazole rings is 2. The zero-order chi connectivity index (χ0) is 33.2. The molecule has 0 bridgehead atoms. The Morgan fingerprint density at radius 2 is 1.04 bits per heavy atom. The van der Waals surface area contributed by atoms with Gasteiger partial charge in [-0.25, -0.2) is 0 Å². The van der Waals surface area contributed by atoms with Gasteiger partial charge in [-0.1, -0.05) is 22.7 Å². The number of fused-ring (bicyclic) bond motifs is 2. The lowest BCUT2D eigenvalue weighted by Gasteiger charge is -2.06. The van der Waals surface area contributed by atoms with Crippen LogP contribution in [0.1, 0.15) is 34.6 Å². The molecule has 0 aliphatic carbocycles. The molecule has 2 amide bonds. The second-order valence-corrected chi connectivity index (χ2v) is 12.1. The molecule has 0 spiro atoms. The minimum Gasteiger partial charge on any atom is -0.457 e. The van der Waals surface area contributed by atoms with Crippen molar-refractivity contribution in [2.75, 3.05) is 0 Å². The minimum atomic E-state index is -0.465. The maximum absolute atomic E-state index is 13.0. The van der Waals surface area contributed by atoms with E-state index in [-0.39, 0.29) is 11.4 Å². The van der Waals surface area contributed by atoms with Crippen LogP contribution < -0.4 is 14.3 Å². The van der Waals surface area contributed by atoms with Gasteiger partial charge in [0, 0.05) is 48.5 Å². The zero-order valence-corrected chi connectivity index (χ0v) is 26.5. The first kappa shape index (κ1) is 31.2. The lowest BCUT2D eigenvalue weighted by atomic mass is 10.2. The third kappa shape index (κ3) is 6.34. The number of nitro benzene ring substituents is 2. The first-order valence-corrected chi connectivity index (χ1v) is 15.9. The van der Waals surface area contributed by atoms with Gasteiger partial charge < -0.3 is 13.9 Å². The van der Waals surface area contributed by atoms with Crippen molar-refractivity contribution in [2.24, 2.45) is 9.98 Å². The van der Waals surface area contributed by atoms with Crippen LogP contribution in [0.3, 0.4) is 0 Å². The Hall–Kier alpha value is -5.80. The molecule has 0 radical (unpaired) electrons. The molecule has 236 valence electrons. The number of carbonyl (C=O) groups is 2. The Morgan fingerprint density at radius 3 is 1.38 bits per heavy atom. The van der Waals surface area contributed by atoms with Gasteiger partial charge in [0.15, 0.2) is 9.60 Å². The fourth-order valence-corrected chi connectivity index (χ4v) is 7.15. The number of aromatic nitrogens is 2. The predicted molar refractivity (Wildman–Crippen MR) is 177 cm³/mol. The number of nitrogens with zero attached hydrogens (tertiary/aromatic N) is 6. The number of amides is 2. The fraction of sp³-hybridized carbons (Fsp3) is 0.125. The van der Waals surface area contributed by atoms with Gasteiger partial charge in [-0.05, 0) is 74.5 Å². The Bertz CT molecular complexity index is 2190. The van der Waals surface area contributed by atoms with E-state index in [4.69, 9.17) is 4.74 Å². The maximum Gasteiger partial charge on any atom is 0.279 e. The summed E-state index contributed by atoms with van der Waals surface area (Å²) in [5.74, 6) is -0.00159. The number of nitro groups is 2. The van der Waals surface area contributed by atoms with Crippen molar-refractivity contribution in [2.45, 2.75) is 26.9 Å². The van der Waals surface area contributed by atoms with Crippen LogP contribution in [0.5, 0.6) is 11.5 Å². The highest BCUT2D eigenvalue weighted by molar-refractivity contribution is 7.16. The van der Waals surface area contributed by atoms with Crippen molar-refractivity contribution < 1.29 is 24.2 Å². The molecular weight excluding hydrogens is 645 g/mol. The number of aryl methyl sites for hydroxylation is 2. The highest BCUT2D eigenvalue weighted by Gasteiger charge is 2.15. The smallest absolute Gasteiger partial charge is 0.279 e. The van der Waals surface area contributed by atoms with Crippen molar-refractivity contribution in [3.8, 4) is 11.5 Å². The topological polar surface area (TPSA) is 164 Å². The standard InChI is InChI=1S/C32H24N6O7S2/c1-3-35-25-15-9-21(37(41)42)17-27(25)46-31(35)33-29(39)19-5-11-23(12-6-19)45-24-13-7-20(8-14-24)30(40)34-32-36(4-2)26-16-10-22(38(43)44)18-28(26)47-32/h5-18H,3-4H2,1-2H3. The average Bonchev–Trinajstić information content (AvgIpc) is 3.60. The molecule has 0 atom stereocenters. The predicted octanol–water partition coefficient (Wildman–Crippen LogP) is 6.85. The van der Waals surface area contributed by atoms with Gasteiger partial charge in [-0.3, -0.25) is 29.8 Å². The second kappa shape index (κ2) is 12.9. The van der Waals surface area contributed by atoms with Crippen LogP contribution in [0, 0.1) is 20.2 Å². The van der Waals surface area contributed by atoms with Crippen LogP contribution in [-0.4, -0.2) is 30.8 Å². The van der Waals surface area contributed by atoms with E-state index in [9.17, 15) is 29.8 Å². The number of carbonyl (C=O) groups excluding carboxylic acids is 2. The molecule has 0 N–H and O–H groups in total. The third-order valence-corrected chi connectivity index (χ3v) is 9.30. The van der Waals surface area contributed by atoms with Crippen molar-refractivity contribution >= 4 is 66.3 Å². The van der Waals surface area contributed by atoms with Gasteiger partial charge >= 0.3 is 0 Å². The van der Waals surface area contributed by atoms with Crippen molar-refractivity contribution in [3.63, 3.8) is 0 Å². The van der Waals surface area contributed by atoms with Crippen molar-refractivity contribution in [3.05, 3.63) is 126 Å². The number of hydrogen-bond acceptors (Lipinski definition) is 9. The van der Waals surface area contributed by atoms with Gasteiger partial charge in [0.2, 0.25) is 0 Å². The molecule has 13 nitrogen and oxygen atoms in total. The summed E-state index contributed by atoms with van der Waals surface area (Å²) < 4.78 is 10.9. The summed E-state index contributed by atoms with van der Waals surface area (Å²) in [5, 5.41) is 22.3. The van der Waals surface area contributed by atoms with E-state index >= 15 is 0 Å². The van der Waals surface area contributed by atoms with Gasteiger partial charge in [-0.15, -0.1) is 0 Å². The quantitative estimate of drug-likeness (QED) is 0.126. The number of rotatable bonds is 8. The van der Waals surface area contributed by atoms with Crippen LogP contribution in [-0.2, 0) is 13.1 Å². The Labute approximate surface area is 273 Å². The molecule has 0 aliphatic heterocycles. The first-order valence-electron chi connectivity index (χ1n) is 14.3. The van der Waals surface area contributed by atoms with Crippen molar-refractivity contribution in [1.82, 2.24) is 9.13 Å². The SMILES string of the molecule is CCn1c(=NC(=O)c2ccc(Oc3ccc(C(=O)N=c4sc5cc([N+](=O)[O-])ccc5n4CC)cc3)cc2)sc2cc([N+](=O)[O-])ccc21. The summed E-state index contributed by atoms with van der Waals surface area (Å²) in [5.41, 5.74) is 2.15. The lowest BCUT2D eigenvalue weighted by Crippen LogP contribution is -2.15. The van der Waals surface area contributed by atoms with Crippen LogP contribution in [0.4, 0.5) is 11.4 Å². The van der Waals surface area contributed by atoms with Crippen LogP contribution in [0.15, 0.2) is 94.9 Å². The Balaban J connectivity index is 1.17. The third-order valence-electron chi connectivity index (χ3n) is 7.22. The van der Waals surface area contributed by atoms with E-state index in [0.29, 0.717) is 54.7 Å². The van der Waals surface area contributed by atoms with E-state index in [1.807, 2.05) is 23.0 Å². The largest absolute Gasteiger partial charge is 0.457 e. The number of non-ortho nitro benzene ring substituents is 2. The Kier molecular flexibility index (Phi) is 8.56. The Morgan fingerprint density at radius 1 is 0.660 bits per heavy atom. The van der Waals surface area contributed by atoms with Crippen molar-refractivity contribution in [1.29, 1.82) is 0 Å². The molecule has 0 saturated carbocycles. The molecule has 0 aliphatic rings. The molecule has 47 heavy (non-hydrogen) atoms. The molecule has 15 heteroatoms. The summed E-state index contributed by atoms with van der Waals surface area (Å²) in [7, 11) is 0. The summed E-state index contributed by atoms with van der Waals surface area (Å²) in [6.07, 6.45) is 0. The summed E-state index contributed by atoms with van der Waals surface area (Å²) in [6, 6.07) is 22.0. The molecule has 6 rings (SSSR count).